The van der Waals surface area contributed by atoms with Crippen LogP contribution in [0.15, 0.2) is 0 Å². The van der Waals surface area contributed by atoms with Crippen LogP contribution in [0.3, 0.4) is 0 Å². The predicted molar refractivity (Wildman–Crippen MR) is 77.3 cm³/mol. The fourth-order valence-corrected chi connectivity index (χ4v) is 3.45. The van der Waals surface area contributed by atoms with Gasteiger partial charge in [0.25, 0.3) is 0 Å². The van der Waals surface area contributed by atoms with E-state index in [1.54, 1.807) is 0 Å². The molecule has 1 aliphatic carbocycles. The SMILES string of the molecule is C[C@@H]1CCC[C@@H](N2CCN(CCOCCO)CC2)C1. The Morgan fingerprint density at radius 1 is 1.11 bits per heavy atom. The fraction of sp³-hybridized carbons (Fsp3) is 1.00. The molecule has 2 aliphatic rings. The van der Waals surface area contributed by atoms with Gasteiger partial charge in [-0.05, 0) is 18.8 Å². The first-order chi connectivity index (χ1) is 9.29. The number of hydrogen-bond donors (Lipinski definition) is 1. The molecule has 4 nitrogen and oxygen atoms in total. The number of nitrogens with zero attached hydrogens (tertiary/aromatic N) is 2. The Kier molecular flexibility index (Phi) is 6.57. The van der Waals surface area contributed by atoms with Crippen molar-refractivity contribution >= 4 is 0 Å². The van der Waals surface area contributed by atoms with Crippen LogP contribution in [0.25, 0.3) is 0 Å². The molecule has 0 spiro atoms. The van der Waals surface area contributed by atoms with Crippen molar-refractivity contribution < 1.29 is 9.84 Å². The zero-order chi connectivity index (χ0) is 13.5. The maximum absolute atomic E-state index is 8.66. The summed E-state index contributed by atoms with van der Waals surface area (Å²) < 4.78 is 5.34. The molecule has 1 N–H and O–H groups in total. The first-order valence-electron chi connectivity index (χ1n) is 7.94. The monoisotopic (exact) mass is 270 g/mol. The minimum atomic E-state index is 0.133. The summed E-state index contributed by atoms with van der Waals surface area (Å²) in [4.78, 5) is 5.20. The highest BCUT2D eigenvalue weighted by Gasteiger charge is 2.27. The molecule has 1 aliphatic heterocycles. The van der Waals surface area contributed by atoms with Crippen molar-refractivity contribution in [3.05, 3.63) is 0 Å². The third-order valence-electron chi connectivity index (χ3n) is 4.62. The lowest BCUT2D eigenvalue weighted by Crippen LogP contribution is -2.51. The smallest absolute Gasteiger partial charge is 0.0698 e. The number of ether oxygens (including phenoxy) is 1. The first kappa shape index (κ1) is 15.2. The number of rotatable bonds is 6. The molecule has 2 atom stereocenters. The van der Waals surface area contributed by atoms with E-state index in [2.05, 4.69) is 16.7 Å². The van der Waals surface area contributed by atoms with Gasteiger partial charge in [-0.25, -0.2) is 0 Å². The summed E-state index contributed by atoms with van der Waals surface area (Å²) in [5, 5.41) is 8.66. The molecule has 1 heterocycles. The Balaban J connectivity index is 1.62. The molecular formula is C15H30N2O2. The zero-order valence-electron chi connectivity index (χ0n) is 12.4. The number of aliphatic hydroxyl groups excluding tert-OH is 1. The third-order valence-corrected chi connectivity index (χ3v) is 4.62. The Labute approximate surface area is 117 Å². The summed E-state index contributed by atoms with van der Waals surface area (Å²) >= 11 is 0. The molecule has 1 saturated heterocycles. The van der Waals surface area contributed by atoms with Crippen LogP contribution >= 0.6 is 0 Å². The van der Waals surface area contributed by atoms with Crippen LogP contribution < -0.4 is 0 Å². The van der Waals surface area contributed by atoms with Crippen molar-refractivity contribution in [2.75, 3.05) is 52.5 Å². The highest BCUT2D eigenvalue weighted by atomic mass is 16.5. The molecule has 0 aromatic heterocycles. The van der Waals surface area contributed by atoms with Crippen LogP contribution in [0.5, 0.6) is 0 Å². The molecule has 0 radical (unpaired) electrons. The molecule has 0 bridgehead atoms. The molecule has 0 unspecified atom stereocenters. The summed E-state index contributed by atoms with van der Waals surface area (Å²) in [6, 6.07) is 0.844. The second-order valence-electron chi connectivity index (χ2n) is 6.14. The summed E-state index contributed by atoms with van der Waals surface area (Å²) in [7, 11) is 0. The fourth-order valence-electron chi connectivity index (χ4n) is 3.45. The van der Waals surface area contributed by atoms with Gasteiger partial charge in [-0.15, -0.1) is 0 Å². The molecule has 4 heteroatoms. The quantitative estimate of drug-likeness (QED) is 0.736. The van der Waals surface area contributed by atoms with E-state index in [9.17, 15) is 0 Å². The summed E-state index contributed by atoms with van der Waals surface area (Å²) in [5.41, 5.74) is 0. The van der Waals surface area contributed by atoms with E-state index in [1.807, 2.05) is 0 Å². The van der Waals surface area contributed by atoms with Crippen LogP contribution in [-0.2, 0) is 4.74 Å². The van der Waals surface area contributed by atoms with Crippen LogP contribution in [0.2, 0.25) is 0 Å². The van der Waals surface area contributed by atoms with Gasteiger partial charge in [0.2, 0.25) is 0 Å². The van der Waals surface area contributed by atoms with Gasteiger partial charge in [-0.1, -0.05) is 19.8 Å². The Hall–Kier alpha value is -0.160. The van der Waals surface area contributed by atoms with Crippen molar-refractivity contribution in [3.8, 4) is 0 Å². The molecule has 1 saturated carbocycles. The molecule has 0 aromatic carbocycles. The van der Waals surface area contributed by atoms with Crippen LogP contribution in [-0.4, -0.2) is 73.5 Å². The van der Waals surface area contributed by atoms with Gasteiger partial charge in [0.1, 0.15) is 0 Å². The molecule has 2 fully saturated rings. The Morgan fingerprint density at radius 2 is 1.89 bits per heavy atom. The second kappa shape index (κ2) is 8.20. The van der Waals surface area contributed by atoms with Crippen molar-refractivity contribution in [3.63, 3.8) is 0 Å². The van der Waals surface area contributed by atoms with Crippen molar-refractivity contribution in [1.82, 2.24) is 9.80 Å². The van der Waals surface area contributed by atoms with Crippen LogP contribution in [0.4, 0.5) is 0 Å². The molecular weight excluding hydrogens is 240 g/mol. The van der Waals surface area contributed by atoms with Gasteiger partial charge >= 0.3 is 0 Å². The van der Waals surface area contributed by atoms with Gasteiger partial charge in [-0.2, -0.15) is 0 Å². The number of piperazine rings is 1. The molecule has 0 aromatic rings. The van der Waals surface area contributed by atoms with Crippen LogP contribution in [0, 0.1) is 5.92 Å². The van der Waals surface area contributed by atoms with Gasteiger partial charge in [0, 0.05) is 38.8 Å². The first-order valence-corrected chi connectivity index (χ1v) is 7.94. The summed E-state index contributed by atoms with van der Waals surface area (Å²) in [6.07, 6.45) is 5.66. The van der Waals surface area contributed by atoms with E-state index in [4.69, 9.17) is 9.84 Å². The minimum absolute atomic E-state index is 0.133. The van der Waals surface area contributed by atoms with E-state index in [0.717, 1.165) is 25.1 Å². The second-order valence-corrected chi connectivity index (χ2v) is 6.14. The van der Waals surface area contributed by atoms with E-state index >= 15 is 0 Å². The maximum Gasteiger partial charge on any atom is 0.0698 e. The number of aliphatic hydroxyl groups is 1. The summed E-state index contributed by atoms with van der Waals surface area (Å²) in [6.45, 7) is 9.56. The topological polar surface area (TPSA) is 35.9 Å². The van der Waals surface area contributed by atoms with E-state index in [1.165, 1.54) is 51.9 Å². The molecule has 19 heavy (non-hydrogen) atoms. The van der Waals surface area contributed by atoms with Crippen molar-refractivity contribution in [2.24, 2.45) is 5.92 Å². The van der Waals surface area contributed by atoms with E-state index < -0.39 is 0 Å². The lowest BCUT2D eigenvalue weighted by atomic mass is 9.86. The Bertz CT molecular complexity index is 242. The van der Waals surface area contributed by atoms with Crippen LogP contribution in [0.1, 0.15) is 32.6 Å². The number of hydrogen-bond acceptors (Lipinski definition) is 4. The zero-order valence-corrected chi connectivity index (χ0v) is 12.4. The largest absolute Gasteiger partial charge is 0.394 e. The average Bonchev–Trinajstić information content (AvgIpc) is 2.44. The van der Waals surface area contributed by atoms with Gasteiger partial charge in [-0.3, -0.25) is 9.80 Å². The standard InChI is InChI=1S/C15H30N2O2/c1-14-3-2-4-15(13-14)17-7-5-16(6-8-17)9-11-19-12-10-18/h14-15,18H,2-13H2,1H3/t14-,15-/m1/s1. The van der Waals surface area contributed by atoms with Gasteiger partial charge in [0.15, 0.2) is 0 Å². The predicted octanol–water partition coefficient (Wildman–Crippen LogP) is 1.19. The highest BCUT2D eigenvalue weighted by Crippen LogP contribution is 2.27. The lowest BCUT2D eigenvalue weighted by Gasteiger charge is -2.42. The van der Waals surface area contributed by atoms with Crippen molar-refractivity contribution in [2.45, 2.75) is 38.6 Å². The van der Waals surface area contributed by atoms with Crippen molar-refractivity contribution in [1.29, 1.82) is 0 Å². The summed E-state index contributed by atoms with van der Waals surface area (Å²) in [5.74, 6) is 0.920. The maximum atomic E-state index is 8.66. The molecule has 112 valence electrons. The minimum Gasteiger partial charge on any atom is -0.394 e. The lowest BCUT2D eigenvalue weighted by molar-refractivity contribution is 0.0392. The Morgan fingerprint density at radius 3 is 2.58 bits per heavy atom. The highest BCUT2D eigenvalue weighted by molar-refractivity contribution is 4.82. The molecule has 2 rings (SSSR count). The van der Waals surface area contributed by atoms with Gasteiger partial charge < -0.3 is 9.84 Å². The molecule has 0 amide bonds. The third kappa shape index (κ3) is 5.03. The normalized spacial score (nSPS) is 30.6. The van der Waals surface area contributed by atoms with E-state index in [0.29, 0.717) is 6.61 Å². The van der Waals surface area contributed by atoms with Gasteiger partial charge in [0.05, 0.1) is 19.8 Å². The van der Waals surface area contributed by atoms with E-state index in [-0.39, 0.29) is 6.61 Å². The average molecular weight is 270 g/mol.